The Morgan fingerprint density at radius 1 is 1.55 bits per heavy atom. The molecule has 2 aromatic heterocycles. The van der Waals surface area contributed by atoms with Gasteiger partial charge in [-0.05, 0) is 19.1 Å². The zero-order valence-electron chi connectivity index (χ0n) is 6.16. The summed E-state index contributed by atoms with van der Waals surface area (Å²) in [6, 6.07) is 3.87. The standard InChI is InChI=1S/C8H8N2O/c1-6-4-7(5-11-6)8-2-3-9-10-8/h2-5H,1H3,(H,9,10). The van der Waals surface area contributed by atoms with E-state index in [9.17, 15) is 0 Å². The molecule has 0 unspecified atom stereocenters. The maximum absolute atomic E-state index is 5.14. The second kappa shape index (κ2) is 2.27. The summed E-state index contributed by atoms with van der Waals surface area (Å²) in [7, 11) is 0. The van der Waals surface area contributed by atoms with Gasteiger partial charge < -0.3 is 4.42 Å². The molecular weight excluding hydrogens is 140 g/mol. The quantitative estimate of drug-likeness (QED) is 0.671. The van der Waals surface area contributed by atoms with Crippen LogP contribution in [0.2, 0.25) is 0 Å². The largest absolute Gasteiger partial charge is 0.469 e. The first-order valence-electron chi connectivity index (χ1n) is 3.41. The lowest BCUT2D eigenvalue weighted by atomic mass is 10.2. The molecule has 2 aromatic rings. The molecule has 11 heavy (non-hydrogen) atoms. The summed E-state index contributed by atoms with van der Waals surface area (Å²) in [5, 5.41) is 6.70. The van der Waals surface area contributed by atoms with Gasteiger partial charge in [0.05, 0.1) is 5.69 Å². The monoisotopic (exact) mass is 148 g/mol. The highest BCUT2D eigenvalue weighted by Crippen LogP contribution is 2.18. The number of furan rings is 1. The predicted octanol–water partition coefficient (Wildman–Crippen LogP) is 1.98. The van der Waals surface area contributed by atoms with Crippen molar-refractivity contribution in [3.05, 3.63) is 30.4 Å². The molecule has 0 fully saturated rings. The van der Waals surface area contributed by atoms with Crippen LogP contribution in [0, 0.1) is 6.92 Å². The van der Waals surface area contributed by atoms with Crippen LogP contribution in [0.1, 0.15) is 5.76 Å². The van der Waals surface area contributed by atoms with Gasteiger partial charge in [-0.2, -0.15) is 5.10 Å². The predicted molar refractivity (Wildman–Crippen MR) is 41.0 cm³/mol. The SMILES string of the molecule is Cc1cc(-c2ccn[nH]2)co1. The summed E-state index contributed by atoms with van der Waals surface area (Å²) in [6.07, 6.45) is 3.43. The molecule has 0 saturated heterocycles. The van der Waals surface area contributed by atoms with Crippen LogP contribution >= 0.6 is 0 Å². The number of hydrogen-bond donors (Lipinski definition) is 1. The third kappa shape index (κ3) is 1.05. The Balaban J connectivity index is 2.45. The molecule has 0 saturated carbocycles. The fourth-order valence-electron chi connectivity index (χ4n) is 1.00. The van der Waals surface area contributed by atoms with Gasteiger partial charge in [-0.3, -0.25) is 5.10 Å². The second-order valence-electron chi connectivity index (χ2n) is 2.42. The van der Waals surface area contributed by atoms with E-state index in [2.05, 4.69) is 10.2 Å². The number of rotatable bonds is 1. The highest BCUT2D eigenvalue weighted by molar-refractivity contribution is 5.57. The molecule has 3 nitrogen and oxygen atoms in total. The molecule has 0 atom stereocenters. The second-order valence-corrected chi connectivity index (χ2v) is 2.42. The lowest BCUT2D eigenvalue weighted by Gasteiger charge is -1.84. The van der Waals surface area contributed by atoms with E-state index in [-0.39, 0.29) is 0 Å². The van der Waals surface area contributed by atoms with Crippen molar-refractivity contribution in [3.63, 3.8) is 0 Å². The summed E-state index contributed by atoms with van der Waals surface area (Å²) in [4.78, 5) is 0. The van der Waals surface area contributed by atoms with Gasteiger partial charge in [0.1, 0.15) is 12.0 Å². The number of nitrogens with zero attached hydrogens (tertiary/aromatic N) is 1. The van der Waals surface area contributed by atoms with Gasteiger partial charge in [0.25, 0.3) is 0 Å². The van der Waals surface area contributed by atoms with Crippen molar-refractivity contribution in [2.24, 2.45) is 0 Å². The van der Waals surface area contributed by atoms with Crippen molar-refractivity contribution < 1.29 is 4.42 Å². The van der Waals surface area contributed by atoms with Gasteiger partial charge in [-0.25, -0.2) is 0 Å². The van der Waals surface area contributed by atoms with Crippen molar-refractivity contribution in [2.75, 3.05) is 0 Å². The number of nitrogens with one attached hydrogen (secondary N) is 1. The van der Waals surface area contributed by atoms with Crippen LogP contribution in [-0.4, -0.2) is 10.2 Å². The van der Waals surface area contributed by atoms with Crippen LogP contribution in [0.3, 0.4) is 0 Å². The molecule has 0 aromatic carbocycles. The van der Waals surface area contributed by atoms with Crippen LogP contribution in [0.15, 0.2) is 29.0 Å². The number of H-pyrrole nitrogens is 1. The Kier molecular flexibility index (Phi) is 1.28. The number of aromatic amines is 1. The highest BCUT2D eigenvalue weighted by Gasteiger charge is 2.00. The van der Waals surface area contributed by atoms with E-state index in [0.29, 0.717) is 0 Å². The Morgan fingerprint density at radius 2 is 2.45 bits per heavy atom. The summed E-state index contributed by atoms with van der Waals surface area (Å²) >= 11 is 0. The van der Waals surface area contributed by atoms with Crippen molar-refractivity contribution >= 4 is 0 Å². The first-order valence-corrected chi connectivity index (χ1v) is 3.41. The molecule has 3 heteroatoms. The van der Waals surface area contributed by atoms with E-state index in [1.54, 1.807) is 12.5 Å². The Labute approximate surface area is 64.0 Å². The van der Waals surface area contributed by atoms with Crippen LogP contribution < -0.4 is 0 Å². The average Bonchev–Trinajstić information content (AvgIpc) is 2.55. The lowest BCUT2D eigenvalue weighted by Crippen LogP contribution is -1.71. The zero-order chi connectivity index (χ0) is 7.68. The van der Waals surface area contributed by atoms with E-state index >= 15 is 0 Å². The van der Waals surface area contributed by atoms with E-state index in [1.807, 2.05) is 19.1 Å². The zero-order valence-corrected chi connectivity index (χ0v) is 6.16. The fraction of sp³-hybridized carbons (Fsp3) is 0.125. The van der Waals surface area contributed by atoms with E-state index < -0.39 is 0 Å². The molecular formula is C8H8N2O. The summed E-state index contributed by atoms with van der Waals surface area (Å²) < 4.78 is 5.14. The molecule has 0 aliphatic rings. The molecule has 0 radical (unpaired) electrons. The lowest BCUT2D eigenvalue weighted by molar-refractivity contribution is 0.535. The minimum absolute atomic E-state index is 0.912. The third-order valence-corrected chi connectivity index (χ3v) is 1.54. The van der Waals surface area contributed by atoms with Gasteiger partial charge >= 0.3 is 0 Å². The summed E-state index contributed by atoms with van der Waals surface area (Å²) in [6.45, 7) is 1.92. The van der Waals surface area contributed by atoms with Crippen LogP contribution in [0.5, 0.6) is 0 Å². The molecule has 0 spiro atoms. The minimum Gasteiger partial charge on any atom is -0.469 e. The third-order valence-electron chi connectivity index (χ3n) is 1.54. The molecule has 2 rings (SSSR count). The maximum Gasteiger partial charge on any atom is 0.101 e. The van der Waals surface area contributed by atoms with Crippen molar-refractivity contribution in [3.8, 4) is 11.3 Å². The van der Waals surface area contributed by atoms with Gasteiger partial charge in [-0.1, -0.05) is 0 Å². The molecule has 0 aliphatic carbocycles. The fourth-order valence-corrected chi connectivity index (χ4v) is 1.00. The van der Waals surface area contributed by atoms with Gasteiger partial charge in [0.15, 0.2) is 0 Å². The number of hydrogen-bond acceptors (Lipinski definition) is 2. The topological polar surface area (TPSA) is 41.8 Å². The maximum atomic E-state index is 5.14. The molecule has 56 valence electrons. The van der Waals surface area contributed by atoms with Crippen LogP contribution in [0.4, 0.5) is 0 Å². The Morgan fingerprint density at radius 3 is 3.00 bits per heavy atom. The van der Waals surface area contributed by atoms with Crippen molar-refractivity contribution in [2.45, 2.75) is 6.92 Å². The van der Waals surface area contributed by atoms with E-state index in [4.69, 9.17) is 4.42 Å². The number of aryl methyl sites for hydroxylation is 1. The molecule has 0 amide bonds. The van der Waals surface area contributed by atoms with E-state index in [0.717, 1.165) is 17.0 Å². The van der Waals surface area contributed by atoms with Crippen LogP contribution in [0.25, 0.3) is 11.3 Å². The first kappa shape index (κ1) is 6.22. The smallest absolute Gasteiger partial charge is 0.101 e. The van der Waals surface area contributed by atoms with Gasteiger partial charge in [-0.15, -0.1) is 0 Å². The molecule has 0 bridgehead atoms. The minimum atomic E-state index is 0.912. The van der Waals surface area contributed by atoms with E-state index in [1.165, 1.54) is 0 Å². The summed E-state index contributed by atoms with van der Waals surface area (Å²) in [5.41, 5.74) is 2.03. The van der Waals surface area contributed by atoms with Gasteiger partial charge in [0, 0.05) is 11.8 Å². The molecule has 0 aliphatic heterocycles. The number of aromatic nitrogens is 2. The van der Waals surface area contributed by atoms with Crippen molar-refractivity contribution in [1.82, 2.24) is 10.2 Å². The Bertz CT molecular complexity index is 335. The molecule has 2 heterocycles. The summed E-state index contributed by atoms with van der Waals surface area (Å²) in [5.74, 6) is 0.912. The average molecular weight is 148 g/mol. The van der Waals surface area contributed by atoms with Crippen molar-refractivity contribution in [1.29, 1.82) is 0 Å². The van der Waals surface area contributed by atoms with Crippen LogP contribution in [-0.2, 0) is 0 Å². The molecule has 1 N–H and O–H groups in total. The Hall–Kier alpha value is -1.51. The highest BCUT2D eigenvalue weighted by atomic mass is 16.3. The van der Waals surface area contributed by atoms with Gasteiger partial charge in [0.2, 0.25) is 0 Å². The first-order chi connectivity index (χ1) is 5.36. The normalized spacial score (nSPS) is 10.3.